The van der Waals surface area contributed by atoms with Crippen molar-refractivity contribution in [3.8, 4) is 11.5 Å². The van der Waals surface area contributed by atoms with Crippen molar-refractivity contribution in [2.75, 3.05) is 12.1 Å². The van der Waals surface area contributed by atoms with Crippen LogP contribution in [0.2, 0.25) is 0 Å². The molecule has 29 heavy (non-hydrogen) atoms. The molecule has 0 spiro atoms. The third-order valence-electron chi connectivity index (χ3n) is 4.26. The first-order chi connectivity index (χ1) is 13.9. The fourth-order valence-corrected chi connectivity index (χ4v) is 2.81. The molecule has 4 rings (SSSR count). The number of anilines is 1. The monoisotopic (exact) mass is 401 g/mol. The topological polar surface area (TPSA) is 102 Å². The van der Waals surface area contributed by atoms with Crippen LogP contribution in [0.1, 0.15) is 15.9 Å². The second kappa shape index (κ2) is 7.23. The standard InChI is InChI=1S/C19H13F2N3O5/c20-13-3-2-11(6-14(13)21)23-17(25)12-7-22-19(27)24(18(12)26)8-10-1-4-15-16(5-10)29-9-28-15/h1-7H,8-9H2,(H,22,27)(H,23,25). The Kier molecular flexibility index (Phi) is 4.59. The number of H-pyrrole nitrogens is 1. The lowest BCUT2D eigenvalue weighted by atomic mass is 10.2. The molecule has 1 aromatic heterocycles. The second-order valence-corrected chi connectivity index (χ2v) is 6.17. The zero-order chi connectivity index (χ0) is 20.5. The fraction of sp³-hybridized carbons (Fsp3) is 0.105. The van der Waals surface area contributed by atoms with Crippen molar-refractivity contribution in [1.29, 1.82) is 0 Å². The highest BCUT2D eigenvalue weighted by molar-refractivity contribution is 6.03. The molecular weight excluding hydrogens is 388 g/mol. The van der Waals surface area contributed by atoms with Crippen molar-refractivity contribution in [3.63, 3.8) is 0 Å². The molecule has 0 saturated heterocycles. The first kappa shape index (κ1) is 18.4. The molecule has 0 fully saturated rings. The number of hydrogen-bond donors (Lipinski definition) is 2. The van der Waals surface area contributed by atoms with E-state index in [1.54, 1.807) is 18.2 Å². The lowest BCUT2D eigenvalue weighted by Crippen LogP contribution is -2.39. The van der Waals surface area contributed by atoms with Gasteiger partial charge in [0.15, 0.2) is 23.1 Å². The first-order valence-electron chi connectivity index (χ1n) is 8.40. The third-order valence-corrected chi connectivity index (χ3v) is 4.26. The van der Waals surface area contributed by atoms with E-state index in [1.165, 1.54) is 0 Å². The van der Waals surface area contributed by atoms with E-state index in [4.69, 9.17) is 9.47 Å². The summed E-state index contributed by atoms with van der Waals surface area (Å²) in [5.74, 6) is -2.06. The minimum atomic E-state index is -1.15. The Bertz CT molecular complexity index is 1240. The lowest BCUT2D eigenvalue weighted by Gasteiger charge is -2.09. The molecule has 2 aromatic carbocycles. The Balaban J connectivity index is 1.62. The Hall–Kier alpha value is -3.95. The van der Waals surface area contributed by atoms with Crippen LogP contribution in [0, 0.1) is 11.6 Å². The average molecular weight is 401 g/mol. The molecule has 3 aromatic rings. The summed E-state index contributed by atoms with van der Waals surface area (Å²) in [5, 5.41) is 2.29. The Morgan fingerprint density at radius 2 is 1.86 bits per heavy atom. The molecule has 0 bridgehead atoms. The molecular formula is C19H13F2N3O5. The van der Waals surface area contributed by atoms with Crippen molar-refractivity contribution >= 4 is 11.6 Å². The van der Waals surface area contributed by atoms with Crippen molar-refractivity contribution in [3.05, 3.63) is 86.2 Å². The summed E-state index contributed by atoms with van der Waals surface area (Å²) < 4.78 is 37.6. The number of aromatic amines is 1. The van der Waals surface area contributed by atoms with Crippen molar-refractivity contribution in [2.24, 2.45) is 0 Å². The number of hydrogen-bond acceptors (Lipinski definition) is 5. The van der Waals surface area contributed by atoms with Gasteiger partial charge in [0.05, 0.1) is 6.54 Å². The normalized spacial score (nSPS) is 12.1. The van der Waals surface area contributed by atoms with E-state index in [0.717, 1.165) is 29.0 Å². The number of nitrogens with one attached hydrogen (secondary N) is 2. The van der Waals surface area contributed by atoms with Gasteiger partial charge in [-0.1, -0.05) is 6.07 Å². The molecule has 0 aliphatic carbocycles. The highest BCUT2D eigenvalue weighted by Gasteiger charge is 2.18. The molecule has 148 valence electrons. The van der Waals surface area contributed by atoms with Crippen LogP contribution in [0.3, 0.4) is 0 Å². The van der Waals surface area contributed by atoms with Gasteiger partial charge in [-0.3, -0.25) is 14.2 Å². The molecule has 1 amide bonds. The number of benzene rings is 2. The predicted octanol–water partition coefficient (Wildman–Crippen LogP) is 1.84. The minimum Gasteiger partial charge on any atom is -0.454 e. The van der Waals surface area contributed by atoms with Gasteiger partial charge < -0.3 is 19.8 Å². The van der Waals surface area contributed by atoms with Gasteiger partial charge in [0.25, 0.3) is 11.5 Å². The molecule has 0 atom stereocenters. The van der Waals surface area contributed by atoms with E-state index >= 15 is 0 Å². The number of rotatable bonds is 4. The van der Waals surface area contributed by atoms with Crippen LogP contribution >= 0.6 is 0 Å². The summed E-state index contributed by atoms with van der Waals surface area (Å²) in [4.78, 5) is 39.5. The van der Waals surface area contributed by atoms with Crippen molar-refractivity contribution in [2.45, 2.75) is 6.54 Å². The van der Waals surface area contributed by atoms with E-state index in [-0.39, 0.29) is 24.6 Å². The van der Waals surface area contributed by atoms with E-state index < -0.39 is 28.8 Å². The predicted molar refractivity (Wildman–Crippen MR) is 97.3 cm³/mol. The van der Waals surface area contributed by atoms with Crippen LogP contribution in [-0.2, 0) is 6.54 Å². The third kappa shape index (κ3) is 3.59. The quantitative estimate of drug-likeness (QED) is 0.695. The summed E-state index contributed by atoms with van der Waals surface area (Å²) in [5.41, 5.74) is -1.37. The second-order valence-electron chi connectivity index (χ2n) is 6.17. The number of amides is 1. The van der Waals surface area contributed by atoms with Crippen molar-refractivity contribution in [1.82, 2.24) is 9.55 Å². The Morgan fingerprint density at radius 3 is 2.66 bits per heavy atom. The van der Waals surface area contributed by atoms with Gasteiger partial charge in [-0.25, -0.2) is 13.6 Å². The molecule has 0 radical (unpaired) electrons. The number of carbonyl (C=O) groups excluding carboxylic acids is 1. The van der Waals surface area contributed by atoms with Crippen molar-refractivity contribution < 1.29 is 23.0 Å². The SMILES string of the molecule is O=C(Nc1ccc(F)c(F)c1)c1c[nH]c(=O)n(Cc2ccc3c(c2)OCO3)c1=O. The number of halogens is 2. The fourth-order valence-electron chi connectivity index (χ4n) is 2.81. The minimum absolute atomic E-state index is 0.0400. The average Bonchev–Trinajstić information content (AvgIpc) is 3.16. The summed E-state index contributed by atoms with van der Waals surface area (Å²) in [7, 11) is 0. The summed E-state index contributed by atoms with van der Waals surface area (Å²) in [6, 6.07) is 7.71. The van der Waals surface area contributed by atoms with Crippen LogP contribution in [-0.4, -0.2) is 22.3 Å². The van der Waals surface area contributed by atoms with Crippen LogP contribution in [0.15, 0.2) is 52.2 Å². The number of nitrogens with zero attached hydrogens (tertiary/aromatic N) is 1. The lowest BCUT2D eigenvalue weighted by molar-refractivity contribution is 0.102. The maximum atomic E-state index is 13.3. The van der Waals surface area contributed by atoms with Crippen LogP contribution in [0.25, 0.3) is 0 Å². The van der Waals surface area contributed by atoms with Gasteiger partial charge in [0.1, 0.15) is 5.56 Å². The maximum Gasteiger partial charge on any atom is 0.328 e. The van der Waals surface area contributed by atoms with E-state index in [0.29, 0.717) is 17.1 Å². The van der Waals surface area contributed by atoms with Crippen LogP contribution < -0.4 is 26.0 Å². The van der Waals surface area contributed by atoms with Gasteiger partial charge in [-0.15, -0.1) is 0 Å². The smallest absolute Gasteiger partial charge is 0.328 e. The summed E-state index contributed by atoms with van der Waals surface area (Å²) in [6.07, 6.45) is 0.968. The Morgan fingerprint density at radius 1 is 1.07 bits per heavy atom. The van der Waals surface area contributed by atoms with E-state index in [1.807, 2.05) is 0 Å². The Labute approximate surface area is 161 Å². The highest BCUT2D eigenvalue weighted by Crippen LogP contribution is 2.32. The van der Waals surface area contributed by atoms with E-state index in [2.05, 4.69) is 10.3 Å². The number of ether oxygens (including phenoxy) is 2. The van der Waals surface area contributed by atoms with Gasteiger partial charge >= 0.3 is 5.69 Å². The molecule has 2 N–H and O–H groups in total. The van der Waals surface area contributed by atoms with Gasteiger partial charge in [0.2, 0.25) is 6.79 Å². The van der Waals surface area contributed by atoms with Gasteiger partial charge in [-0.2, -0.15) is 0 Å². The van der Waals surface area contributed by atoms with Gasteiger partial charge in [-0.05, 0) is 29.8 Å². The first-order valence-corrected chi connectivity index (χ1v) is 8.40. The van der Waals surface area contributed by atoms with E-state index in [9.17, 15) is 23.2 Å². The summed E-state index contributed by atoms with van der Waals surface area (Å²) in [6.45, 7) is -0.0317. The summed E-state index contributed by atoms with van der Waals surface area (Å²) >= 11 is 0. The molecule has 10 heteroatoms. The molecule has 1 aliphatic rings. The largest absolute Gasteiger partial charge is 0.454 e. The van der Waals surface area contributed by atoms with Gasteiger partial charge in [0, 0.05) is 18.0 Å². The molecule has 2 heterocycles. The number of fused-ring (bicyclic) bond motifs is 1. The molecule has 0 unspecified atom stereocenters. The molecule has 1 aliphatic heterocycles. The zero-order valence-corrected chi connectivity index (χ0v) is 14.7. The zero-order valence-electron chi connectivity index (χ0n) is 14.7. The maximum absolute atomic E-state index is 13.3. The highest BCUT2D eigenvalue weighted by atomic mass is 19.2. The molecule has 8 nitrogen and oxygen atoms in total. The number of carbonyl (C=O) groups is 1. The number of aromatic nitrogens is 2. The van der Waals surface area contributed by atoms with Crippen LogP contribution in [0.4, 0.5) is 14.5 Å². The van der Waals surface area contributed by atoms with Crippen LogP contribution in [0.5, 0.6) is 11.5 Å². The molecule has 0 saturated carbocycles.